The van der Waals surface area contributed by atoms with Gasteiger partial charge in [-0.25, -0.2) is 4.39 Å². The molecular formula is C19H25FN4O2. The van der Waals surface area contributed by atoms with Gasteiger partial charge in [0.1, 0.15) is 5.82 Å². The van der Waals surface area contributed by atoms with Crippen LogP contribution in [-0.2, 0) is 4.74 Å². The summed E-state index contributed by atoms with van der Waals surface area (Å²) in [5.41, 5.74) is 2.33. The van der Waals surface area contributed by atoms with Gasteiger partial charge in [0.05, 0.1) is 31.1 Å². The van der Waals surface area contributed by atoms with E-state index in [4.69, 9.17) is 15.6 Å². The first-order valence-electron chi connectivity index (χ1n) is 8.42. The molecule has 1 saturated heterocycles. The number of rotatable bonds is 9. The van der Waals surface area contributed by atoms with E-state index >= 15 is 0 Å². The van der Waals surface area contributed by atoms with E-state index in [9.17, 15) is 9.50 Å². The van der Waals surface area contributed by atoms with Crippen molar-refractivity contribution in [3.63, 3.8) is 0 Å². The average molecular weight is 360 g/mol. The molecule has 7 heteroatoms. The van der Waals surface area contributed by atoms with Crippen LogP contribution in [0.3, 0.4) is 0 Å². The zero-order valence-corrected chi connectivity index (χ0v) is 15.0. The molecule has 5 N–H and O–H groups in total. The second kappa shape index (κ2) is 9.26. The van der Waals surface area contributed by atoms with Crippen LogP contribution in [0.1, 0.15) is 30.6 Å². The molecule has 26 heavy (non-hydrogen) atoms. The Bertz CT molecular complexity index is 724. The number of ether oxygens (including phenoxy) is 1. The Morgan fingerprint density at radius 3 is 2.69 bits per heavy atom. The van der Waals surface area contributed by atoms with Crippen molar-refractivity contribution in [3.05, 3.63) is 58.7 Å². The third kappa shape index (κ3) is 5.00. The number of nitrogens with one attached hydrogen (secondary N) is 4. The van der Waals surface area contributed by atoms with Crippen molar-refractivity contribution in [2.45, 2.75) is 25.5 Å². The quantitative estimate of drug-likeness (QED) is 0.436. The molecule has 1 heterocycles. The molecule has 1 aromatic rings. The van der Waals surface area contributed by atoms with Crippen molar-refractivity contribution < 1.29 is 14.2 Å². The van der Waals surface area contributed by atoms with E-state index < -0.39 is 11.9 Å². The van der Waals surface area contributed by atoms with Crippen molar-refractivity contribution in [1.82, 2.24) is 10.6 Å². The Morgan fingerprint density at radius 2 is 2.15 bits per heavy atom. The van der Waals surface area contributed by atoms with Gasteiger partial charge >= 0.3 is 0 Å². The minimum atomic E-state index is -0.894. The van der Waals surface area contributed by atoms with Crippen LogP contribution in [0.15, 0.2) is 41.7 Å². The Balaban J connectivity index is 2.24. The maximum Gasteiger partial charge on any atom is 0.123 e. The van der Waals surface area contributed by atoms with E-state index in [0.717, 1.165) is 0 Å². The molecule has 0 bridgehead atoms. The summed E-state index contributed by atoms with van der Waals surface area (Å²) in [5.74, 6) is -0.455. The highest BCUT2D eigenvalue weighted by atomic mass is 19.1. The first kappa shape index (κ1) is 19.8. The summed E-state index contributed by atoms with van der Waals surface area (Å²) in [5, 5.41) is 32.2. The number of allylic oxidation sites excluding steroid dienone is 2. The molecule has 0 unspecified atom stereocenters. The molecule has 1 atom stereocenters. The average Bonchev–Trinajstić information content (AvgIpc) is 2.57. The van der Waals surface area contributed by atoms with Gasteiger partial charge in [-0.3, -0.25) is 5.41 Å². The maximum atomic E-state index is 13.5. The second-order valence-corrected chi connectivity index (χ2v) is 6.18. The van der Waals surface area contributed by atoms with Gasteiger partial charge in [0.15, 0.2) is 0 Å². The van der Waals surface area contributed by atoms with Gasteiger partial charge in [-0.2, -0.15) is 0 Å². The first-order chi connectivity index (χ1) is 12.5. The van der Waals surface area contributed by atoms with E-state index in [0.29, 0.717) is 41.9 Å². The van der Waals surface area contributed by atoms with Gasteiger partial charge in [0, 0.05) is 37.6 Å². The van der Waals surface area contributed by atoms with Crippen molar-refractivity contribution >= 4 is 11.9 Å². The summed E-state index contributed by atoms with van der Waals surface area (Å²) >= 11 is 0. The van der Waals surface area contributed by atoms with E-state index in [1.807, 2.05) is 0 Å². The first-order valence-corrected chi connectivity index (χ1v) is 8.42. The molecule has 1 fully saturated rings. The van der Waals surface area contributed by atoms with Gasteiger partial charge in [-0.05, 0) is 41.8 Å². The van der Waals surface area contributed by atoms with Crippen LogP contribution in [0.4, 0.5) is 4.39 Å². The molecular weight excluding hydrogens is 335 g/mol. The van der Waals surface area contributed by atoms with Crippen LogP contribution in [0.5, 0.6) is 0 Å². The number of aliphatic hydroxyl groups excluding tert-OH is 1. The van der Waals surface area contributed by atoms with Crippen LogP contribution in [-0.4, -0.2) is 43.3 Å². The number of hydrogen-bond acceptors (Lipinski definition) is 6. The molecule has 0 aliphatic carbocycles. The zero-order chi connectivity index (χ0) is 19.1. The Kier molecular flexibility index (Phi) is 7.06. The largest absolute Gasteiger partial charge is 0.394 e. The lowest BCUT2D eigenvalue weighted by molar-refractivity contribution is 0.000706. The highest BCUT2D eigenvalue weighted by molar-refractivity contribution is 6.12. The van der Waals surface area contributed by atoms with Crippen LogP contribution < -0.4 is 10.6 Å². The van der Waals surface area contributed by atoms with Gasteiger partial charge in [-0.1, -0.05) is 0 Å². The van der Waals surface area contributed by atoms with E-state index in [2.05, 4.69) is 10.6 Å². The van der Waals surface area contributed by atoms with Gasteiger partial charge in [0.25, 0.3) is 0 Å². The predicted octanol–water partition coefficient (Wildman–Crippen LogP) is 2.26. The Hall–Kier alpha value is -2.51. The topological polar surface area (TPSA) is 101 Å². The lowest BCUT2D eigenvalue weighted by Gasteiger charge is -2.26. The summed E-state index contributed by atoms with van der Waals surface area (Å²) in [6, 6.07) is 4.27. The minimum Gasteiger partial charge on any atom is -0.394 e. The molecule has 1 aromatic carbocycles. The minimum absolute atomic E-state index is 0.176. The molecule has 6 nitrogen and oxygen atoms in total. The fraction of sp³-hybridized carbons (Fsp3) is 0.368. The second-order valence-electron chi connectivity index (χ2n) is 6.18. The smallest absolute Gasteiger partial charge is 0.123 e. The zero-order valence-electron chi connectivity index (χ0n) is 15.0. The number of benzene rings is 1. The van der Waals surface area contributed by atoms with Crippen LogP contribution in [0, 0.1) is 16.6 Å². The molecule has 0 aromatic heterocycles. The lowest BCUT2D eigenvalue weighted by atomic mass is 9.92. The summed E-state index contributed by atoms with van der Waals surface area (Å²) in [7, 11) is 1.73. The molecule has 1 aliphatic heterocycles. The molecule has 1 aliphatic rings. The van der Waals surface area contributed by atoms with Crippen molar-refractivity contribution in [2.24, 2.45) is 0 Å². The standard InChI is InChI=1S/C19H25FN4O2/c1-12(25)18-6-15(20)3-4-17(18)19(22)14(9-23-2)5-13(7-21)8-24-16-10-26-11-16/h3-4,6-9,12,16,21-25H,5,10-11H2,1-2H3/b13-8-,14-9-,21-7?,22-19?/t12-/m1/s1. The highest BCUT2D eigenvalue weighted by Crippen LogP contribution is 2.24. The lowest BCUT2D eigenvalue weighted by Crippen LogP contribution is -2.43. The van der Waals surface area contributed by atoms with Gasteiger partial charge in [0.2, 0.25) is 0 Å². The van der Waals surface area contributed by atoms with E-state index in [-0.39, 0.29) is 11.8 Å². The van der Waals surface area contributed by atoms with E-state index in [1.165, 1.54) is 24.4 Å². The Labute approximate surface area is 152 Å². The number of halogens is 1. The van der Waals surface area contributed by atoms with Crippen molar-refractivity contribution in [2.75, 3.05) is 20.3 Å². The molecule has 0 radical (unpaired) electrons. The van der Waals surface area contributed by atoms with Gasteiger partial charge in [-0.15, -0.1) is 0 Å². The monoisotopic (exact) mass is 360 g/mol. The fourth-order valence-electron chi connectivity index (χ4n) is 2.59. The van der Waals surface area contributed by atoms with Crippen LogP contribution >= 0.6 is 0 Å². The van der Waals surface area contributed by atoms with Crippen molar-refractivity contribution in [1.29, 1.82) is 10.8 Å². The fourth-order valence-corrected chi connectivity index (χ4v) is 2.59. The highest BCUT2D eigenvalue weighted by Gasteiger charge is 2.18. The van der Waals surface area contributed by atoms with Crippen LogP contribution in [0.2, 0.25) is 0 Å². The summed E-state index contributed by atoms with van der Waals surface area (Å²) in [4.78, 5) is 0. The number of aliphatic hydroxyl groups is 1. The van der Waals surface area contributed by atoms with Crippen LogP contribution in [0.25, 0.3) is 0 Å². The molecule has 0 saturated carbocycles. The summed E-state index contributed by atoms with van der Waals surface area (Å²) in [6.07, 6.45) is 4.14. The summed E-state index contributed by atoms with van der Waals surface area (Å²) < 4.78 is 18.6. The Morgan fingerprint density at radius 1 is 1.42 bits per heavy atom. The predicted molar refractivity (Wildman–Crippen MR) is 100 cm³/mol. The number of hydrogen-bond donors (Lipinski definition) is 5. The van der Waals surface area contributed by atoms with E-state index in [1.54, 1.807) is 26.4 Å². The van der Waals surface area contributed by atoms with Crippen molar-refractivity contribution in [3.8, 4) is 0 Å². The molecule has 0 spiro atoms. The third-order valence-corrected chi connectivity index (χ3v) is 4.10. The maximum absolute atomic E-state index is 13.5. The molecule has 2 rings (SSSR count). The normalized spacial score (nSPS) is 16.6. The van der Waals surface area contributed by atoms with Gasteiger partial charge < -0.3 is 25.9 Å². The molecule has 140 valence electrons. The molecule has 0 amide bonds. The summed E-state index contributed by atoms with van der Waals surface area (Å²) in [6.45, 7) is 2.83. The third-order valence-electron chi connectivity index (χ3n) is 4.10. The SMILES string of the molecule is CN/C=C(/C/C(C=N)=C/NC1COC1)C(=N)c1ccc(F)cc1[C@@H](C)O.